The smallest absolute Gasteiger partial charge is 0.162 e. The molecule has 0 radical (unpaired) electrons. The zero-order valence-corrected chi connectivity index (χ0v) is 9.87. The van der Waals surface area contributed by atoms with Crippen molar-refractivity contribution >= 4 is 11.6 Å². The molecule has 0 amide bonds. The van der Waals surface area contributed by atoms with E-state index in [9.17, 15) is 0 Å². The standard InChI is InChI=1S/C10H16ClN3O/c1-7(2)14-9(6-11)12-13-10(14)8-4-3-5-15-8/h7-8H,3-6H2,1-2H3. The van der Waals surface area contributed by atoms with E-state index in [2.05, 4.69) is 28.6 Å². The van der Waals surface area contributed by atoms with Crippen LogP contribution in [0.5, 0.6) is 0 Å². The Bertz CT molecular complexity index is 331. The van der Waals surface area contributed by atoms with Gasteiger partial charge in [0.2, 0.25) is 0 Å². The maximum atomic E-state index is 5.83. The van der Waals surface area contributed by atoms with E-state index in [1.54, 1.807) is 0 Å². The topological polar surface area (TPSA) is 39.9 Å². The van der Waals surface area contributed by atoms with Crippen molar-refractivity contribution in [3.63, 3.8) is 0 Å². The second-order valence-corrected chi connectivity index (χ2v) is 4.34. The lowest BCUT2D eigenvalue weighted by molar-refractivity contribution is 0.100. The minimum Gasteiger partial charge on any atom is -0.370 e. The van der Waals surface area contributed by atoms with Gasteiger partial charge in [-0.25, -0.2) is 0 Å². The van der Waals surface area contributed by atoms with E-state index < -0.39 is 0 Å². The van der Waals surface area contributed by atoms with Crippen LogP contribution in [0.4, 0.5) is 0 Å². The summed E-state index contributed by atoms with van der Waals surface area (Å²) in [6.45, 7) is 5.04. The number of rotatable bonds is 3. The predicted octanol–water partition coefficient (Wildman–Crippen LogP) is 2.45. The molecule has 1 unspecified atom stereocenters. The largest absolute Gasteiger partial charge is 0.370 e. The van der Waals surface area contributed by atoms with Gasteiger partial charge >= 0.3 is 0 Å². The lowest BCUT2D eigenvalue weighted by atomic mass is 10.2. The fraction of sp³-hybridized carbons (Fsp3) is 0.800. The molecule has 5 heteroatoms. The van der Waals surface area contributed by atoms with E-state index in [1.165, 1.54) is 0 Å². The highest BCUT2D eigenvalue weighted by molar-refractivity contribution is 6.16. The molecular weight excluding hydrogens is 214 g/mol. The van der Waals surface area contributed by atoms with E-state index in [0.29, 0.717) is 11.9 Å². The zero-order valence-electron chi connectivity index (χ0n) is 9.11. The predicted molar refractivity (Wildman–Crippen MR) is 57.9 cm³/mol. The molecule has 0 spiro atoms. The molecule has 1 aromatic heterocycles. The summed E-state index contributed by atoms with van der Waals surface area (Å²) in [6.07, 6.45) is 2.25. The third-order valence-corrected chi connectivity index (χ3v) is 2.89. The molecule has 0 N–H and O–H groups in total. The van der Waals surface area contributed by atoms with E-state index >= 15 is 0 Å². The molecule has 1 fully saturated rings. The molecule has 1 saturated heterocycles. The maximum Gasteiger partial charge on any atom is 0.162 e. The molecule has 2 rings (SSSR count). The van der Waals surface area contributed by atoms with Crippen LogP contribution in [0.15, 0.2) is 0 Å². The van der Waals surface area contributed by atoms with Crippen LogP contribution in [-0.2, 0) is 10.6 Å². The maximum absolute atomic E-state index is 5.83. The van der Waals surface area contributed by atoms with Crippen molar-refractivity contribution in [1.82, 2.24) is 14.8 Å². The van der Waals surface area contributed by atoms with Crippen molar-refractivity contribution in [2.75, 3.05) is 6.61 Å². The normalized spacial score (nSPS) is 21.5. The van der Waals surface area contributed by atoms with Crippen molar-refractivity contribution in [2.45, 2.75) is 44.7 Å². The molecule has 0 aliphatic carbocycles. The molecule has 2 heterocycles. The van der Waals surface area contributed by atoms with Crippen LogP contribution in [0.25, 0.3) is 0 Å². The summed E-state index contributed by atoms with van der Waals surface area (Å²) in [7, 11) is 0. The van der Waals surface area contributed by atoms with Gasteiger partial charge in [0, 0.05) is 12.6 Å². The van der Waals surface area contributed by atoms with Gasteiger partial charge in [0.05, 0.1) is 5.88 Å². The van der Waals surface area contributed by atoms with Crippen molar-refractivity contribution in [3.05, 3.63) is 11.6 Å². The SMILES string of the molecule is CC(C)n1c(CCl)nnc1C1CCCO1. The third-order valence-electron chi connectivity index (χ3n) is 2.65. The monoisotopic (exact) mass is 229 g/mol. The number of ether oxygens (including phenoxy) is 1. The van der Waals surface area contributed by atoms with Gasteiger partial charge in [-0.15, -0.1) is 21.8 Å². The number of halogens is 1. The first-order valence-corrected chi connectivity index (χ1v) is 5.88. The number of aromatic nitrogens is 3. The van der Waals surface area contributed by atoms with E-state index in [0.717, 1.165) is 31.1 Å². The van der Waals surface area contributed by atoms with Crippen LogP contribution in [0.3, 0.4) is 0 Å². The van der Waals surface area contributed by atoms with Crippen LogP contribution in [0.2, 0.25) is 0 Å². The van der Waals surface area contributed by atoms with Crippen LogP contribution < -0.4 is 0 Å². The first kappa shape index (κ1) is 10.9. The van der Waals surface area contributed by atoms with Gasteiger partial charge in [0.15, 0.2) is 5.82 Å². The highest BCUT2D eigenvalue weighted by Gasteiger charge is 2.25. The highest BCUT2D eigenvalue weighted by Crippen LogP contribution is 2.29. The Morgan fingerprint density at radius 3 is 2.87 bits per heavy atom. The average Bonchev–Trinajstić information content (AvgIpc) is 2.85. The van der Waals surface area contributed by atoms with Gasteiger partial charge in [0.25, 0.3) is 0 Å². The first-order chi connectivity index (χ1) is 7.24. The summed E-state index contributed by atoms with van der Waals surface area (Å²) in [4.78, 5) is 0. The Kier molecular flexibility index (Phi) is 3.26. The summed E-state index contributed by atoms with van der Waals surface area (Å²) < 4.78 is 7.71. The Hall–Kier alpha value is -0.610. The van der Waals surface area contributed by atoms with E-state index in [-0.39, 0.29) is 6.10 Å². The number of nitrogens with zero attached hydrogens (tertiary/aromatic N) is 3. The molecule has 84 valence electrons. The highest BCUT2D eigenvalue weighted by atomic mass is 35.5. The fourth-order valence-corrected chi connectivity index (χ4v) is 2.17. The summed E-state index contributed by atoms with van der Waals surface area (Å²) in [5.41, 5.74) is 0. The molecule has 0 saturated carbocycles. The zero-order chi connectivity index (χ0) is 10.8. The van der Waals surface area contributed by atoms with E-state index in [4.69, 9.17) is 16.3 Å². The minimum absolute atomic E-state index is 0.108. The third kappa shape index (κ3) is 2.01. The molecule has 1 aliphatic heterocycles. The molecule has 15 heavy (non-hydrogen) atoms. The Labute approximate surface area is 94.6 Å². The molecule has 1 aromatic rings. The molecule has 1 aliphatic rings. The van der Waals surface area contributed by atoms with Crippen LogP contribution in [-0.4, -0.2) is 21.4 Å². The minimum atomic E-state index is 0.108. The average molecular weight is 230 g/mol. The van der Waals surface area contributed by atoms with Crippen LogP contribution >= 0.6 is 11.6 Å². The molecule has 0 bridgehead atoms. The van der Waals surface area contributed by atoms with Gasteiger partial charge in [0.1, 0.15) is 11.9 Å². The molecular formula is C10H16ClN3O. The van der Waals surface area contributed by atoms with Crippen molar-refractivity contribution in [1.29, 1.82) is 0 Å². The van der Waals surface area contributed by atoms with Crippen molar-refractivity contribution in [3.8, 4) is 0 Å². The van der Waals surface area contributed by atoms with Gasteiger partial charge < -0.3 is 9.30 Å². The number of hydrogen-bond acceptors (Lipinski definition) is 3. The summed E-state index contributed by atoms with van der Waals surface area (Å²) >= 11 is 5.83. The Balaban J connectivity index is 2.33. The van der Waals surface area contributed by atoms with Gasteiger partial charge in [-0.1, -0.05) is 0 Å². The quantitative estimate of drug-likeness (QED) is 0.748. The van der Waals surface area contributed by atoms with Gasteiger partial charge in [-0.3, -0.25) is 0 Å². The summed E-state index contributed by atoms with van der Waals surface area (Å²) in [5.74, 6) is 2.16. The van der Waals surface area contributed by atoms with E-state index in [1.807, 2.05) is 0 Å². The van der Waals surface area contributed by atoms with Crippen LogP contribution in [0.1, 0.15) is 50.5 Å². The van der Waals surface area contributed by atoms with Crippen LogP contribution in [0, 0.1) is 0 Å². The second kappa shape index (κ2) is 4.49. The second-order valence-electron chi connectivity index (χ2n) is 4.07. The van der Waals surface area contributed by atoms with Crippen molar-refractivity contribution < 1.29 is 4.74 Å². The summed E-state index contributed by atoms with van der Waals surface area (Å²) in [6, 6.07) is 0.327. The van der Waals surface area contributed by atoms with Gasteiger partial charge in [-0.05, 0) is 26.7 Å². The molecule has 1 atom stereocenters. The fourth-order valence-electron chi connectivity index (χ4n) is 1.99. The Morgan fingerprint density at radius 1 is 1.53 bits per heavy atom. The lowest BCUT2D eigenvalue weighted by Crippen LogP contribution is -2.12. The molecule has 0 aromatic carbocycles. The number of alkyl halides is 1. The molecule has 4 nitrogen and oxygen atoms in total. The number of hydrogen-bond donors (Lipinski definition) is 0. The lowest BCUT2D eigenvalue weighted by Gasteiger charge is -2.16. The Morgan fingerprint density at radius 2 is 2.33 bits per heavy atom. The van der Waals surface area contributed by atoms with Gasteiger partial charge in [-0.2, -0.15) is 0 Å². The van der Waals surface area contributed by atoms with Crippen molar-refractivity contribution in [2.24, 2.45) is 0 Å². The first-order valence-electron chi connectivity index (χ1n) is 5.35. The summed E-state index contributed by atoms with van der Waals surface area (Å²) in [5, 5.41) is 8.30.